The first kappa shape index (κ1) is 20.5. The summed E-state index contributed by atoms with van der Waals surface area (Å²) in [6.45, 7) is 7.58. The minimum absolute atomic E-state index is 0.0956. The first-order valence-electron chi connectivity index (χ1n) is 9.34. The van der Waals surface area contributed by atoms with Gasteiger partial charge in [-0.3, -0.25) is 4.68 Å². The monoisotopic (exact) mass is 391 g/mol. The van der Waals surface area contributed by atoms with Crippen molar-refractivity contribution < 1.29 is 19.0 Å². The third-order valence-electron chi connectivity index (χ3n) is 4.80. The van der Waals surface area contributed by atoms with Crippen LogP contribution in [0.5, 0.6) is 0 Å². The summed E-state index contributed by atoms with van der Waals surface area (Å²) in [5, 5.41) is 25.9. The van der Waals surface area contributed by atoms with Crippen LogP contribution in [0.2, 0.25) is 0 Å². The quantitative estimate of drug-likeness (QED) is 0.783. The van der Waals surface area contributed by atoms with E-state index in [0.29, 0.717) is 36.3 Å². The fraction of sp³-hybridized carbons (Fsp3) is 0.476. The molecule has 0 saturated carbocycles. The lowest BCUT2D eigenvalue weighted by molar-refractivity contribution is 0.0651. The molecular formula is C21H27F2N3O2. The number of hydrogen-bond donors (Lipinski definition) is 2. The van der Waals surface area contributed by atoms with Gasteiger partial charge in [-0.15, -0.1) is 0 Å². The summed E-state index contributed by atoms with van der Waals surface area (Å²) >= 11 is 0. The molecule has 28 heavy (non-hydrogen) atoms. The zero-order valence-corrected chi connectivity index (χ0v) is 16.7. The lowest BCUT2D eigenvalue weighted by Gasteiger charge is -2.32. The Kier molecular flexibility index (Phi) is 5.34. The van der Waals surface area contributed by atoms with Crippen molar-refractivity contribution in [3.63, 3.8) is 0 Å². The topological polar surface area (TPSA) is 61.5 Å². The van der Waals surface area contributed by atoms with Gasteiger partial charge in [0.05, 0.1) is 22.4 Å². The van der Waals surface area contributed by atoms with Crippen molar-refractivity contribution >= 4 is 16.6 Å². The number of hydrogen-bond acceptors (Lipinski definition) is 4. The number of aryl methyl sites for hydroxylation is 1. The van der Waals surface area contributed by atoms with Crippen molar-refractivity contribution in [3.05, 3.63) is 47.8 Å². The highest BCUT2D eigenvalue weighted by atomic mass is 19.3. The molecule has 0 bridgehead atoms. The molecule has 0 aliphatic carbocycles. The first-order chi connectivity index (χ1) is 13.0. The Bertz CT molecular complexity index is 918. The minimum atomic E-state index is -2.62. The Hall–Kier alpha value is -2.25. The largest absolute Gasteiger partial charge is 0.390 e. The van der Waals surface area contributed by atoms with Gasteiger partial charge in [-0.25, -0.2) is 8.78 Å². The Morgan fingerprint density at radius 2 is 1.89 bits per heavy atom. The molecule has 2 heterocycles. The second kappa shape index (κ2) is 7.29. The Labute approximate surface area is 163 Å². The van der Waals surface area contributed by atoms with Crippen molar-refractivity contribution in [1.29, 1.82) is 0 Å². The molecular weight excluding hydrogens is 364 g/mol. The average Bonchev–Trinajstić information content (AvgIpc) is 2.99. The zero-order chi connectivity index (χ0) is 20.7. The lowest BCUT2D eigenvalue weighted by Crippen LogP contribution is -2.31. The maximum Gasteiger partial charge on any atom is 0.278 e. The molecule has 0 saturated heterocycles. The molecule has 2 aromatic rings. The second-order valence-electron chi connectivity index (χ2n) is 8.37. The van der Waals surface area contributed by atoms with Gasteiger partial charge in [-0.1, -0.05) is 12.2 Å². The number of benzene rings is 1. The summed E-state index contributed by atoms with van der Waals surface area (Å²) in [5.41, 5.74) is -0.381. The van der Waals surface area contributed by atoms with Gasteiger partial charge in [-0.05, 0) is 52.3 Å². The fourth-order valence-corrected chi connectivity index (χ4v) is 3.28. The van der Waals surface area contributed by atoms with Gasteiger partial charge in [0.25, 0.3) is 6.43 Å². The Morgan fingerprint density at radius 3 is 2.50 bits per heavy atom. The van der Waals surface area contributed by atoms with Crippen molar-refractivity contribution in [3.8, 4) is 0 Å². The zero-order valence-electron chi connectivity index (χ0n) is 16.7. The highest BCUT2D eigenvalue weighted by Gasteiger charge is 2.29. The molecule has 5 nitrogen and oxygen atoms in total. The molecule has 0 fully saturated rings. The van der Waals surface area contributed by atoms with E-state index in [-0.39, 0.29) is 5.70 Å². The molecule has 0 amide bonds. The van der Waals surface area contributed by atoms with E-state index in [4.69, 9.17) is 0 Å². The van der Waals surface area contributed by atoms with Crippen LogP contribution < -0.4 is 4.90 Å². The van der Waals surface area contributed by atoms with Crippen molar-refractivity contribution in [2.75, 3.05) is 11.4 Å². The molecule has 1 aliphatic rings. The van der Waals surface area contributed by atoms with Crippen LogP contribution in [0.25, 0.3) is 10.9 Å². The smallest absolute Gasteiger partial charge is 0.278 e. The molecule has 2 N–H and O–H groups in total. The summed E-state index contributed by atoms with van der Waals surface area (Å²) < 4.78 is 28.9. The summed E-state index contributed by atoms with van der Waals surface area (Å²) in [5.74, 6) is 0. The predicted molar refractivity (Wildman–Crippen MR) is 106 cm³/mol. The molecule has 7 heteroatoms. The van der Waals surface area contributed by atoms with Gasteiger partial charge in [0, 0.05) is 35.9 Å². The van der Waals surface area contributed by atoms with Crippen LogP contribution in [0.4, 0.5) is 14.5 Å². The molecule has 0 spiro atoms. The normalized spacial score (nSPS) is 15.6. The number of aliphatic hydroxyl groups is 2. The van der Waals surface area contributed by atoms with Crippen LogP contribution >= 0.6 is 0 Å². The first-order valence-corrected chi connectivity index (χ1v) is 9.34. The standard InChI is InChI=1S/C21H27F2N3O2/c1-20(2,27)8-10-25-13-14-11-18(15(21(3,4)28)12-16(14)24-25)26-9-6-5-7-17(26)19(22)23/h5-7,11-13,19,27-28H,8-10H2,1-4H3. The van der Waals surface area contributed by atoms with Crippen LogP contribution in [0.15, 0.2) is 42.3 Å². The van der Waals surface area contributed by atoms with Crippen molar-refractivity contribution in [2.45, 2.75) is 58.3 Å². The number of alkyl halides is 2. The van der Waals surface area contributed by atoms with Gasteiger partial charge in [-0.2, -0.15) is 5.10 Å². The van der Waals surface area contributed by atoms with E-state index < -0.39 is 17.6 Å². The maximum atomic E-state index is 13.6. The molecule has 3 rings (SSSR count). The van der Waals surface area contributed by atoms with Crippen molar-refractivity contribution in [1.82, 2.24) is 9.78 Å². The van der Waals surface area contributed by atoms with E-state index in [1.807, 2.05) is 6.20 Å². The van der Waals surface area contributed by atoms with Gasteiger partial charge < -0.3 is 15.1 Å². The van der Waals surface area contributed by atoms with Crippen LogP contribution in [-0.2, 0) is 12.1 Å². The minimum Gasteiger partial charge on any atom is -0.390 e. The Morgan fingerprint density at radius 1 is 1.18 bits per heavy atom. The highest BCUT2D eigenvalue weighted by Crippen LogP contribution is 2.37. The number of halogens is 2. The van der Waals surface area contributed by atoms with Crippen LogP contribution in [-0.4, -0.2) is 38.6 Å². The third kappa shape index (κ3) is 4.42. The SMILES string of the molecule is CC(C)(O)CCn1cc2cc(N3CC=CC=C3C(F)F)c(C(C)(C)O)cc2n1. The van der Waals surface area contributed by atoms with Gasteiger partial charge in [0.2, 0.25) is 0 Å². The maximum absolute atomic E-state index is 13.6. The molecule has 1 aliphatic heterocycles. The Balaban J connectivity index is 2.08. The number of aromatic nitrogens is 2. The predicted octanol–water partition coefficient (Wildman–Crippen LogP) is 3.95. The molecule has 0 radical (unpaired) electrons. The number of anilines is 1. The van der Waals surface area contributed by atoms with Gasteiger partial charge in [0.15, 0.2) is 0 Å². The third-order valence-corrected chi connectivity index (χ3v) is 4.80. The van der Waals surface area contributed by atoms with Gasteiger partial charge in [0.1, 0.15) is 0 Å². The average molecular weight is 391 g/mol. The fourth-order valence-electron chi connectivity index (χ4n) is 3.28. The van der Waals surface area contributed by atoms with E-state index in [0.717, 1.165) is 5.39 Å². The second-order valence-corrected chi connectivity index (χ2v) is 8.37. The van der Waals surface area contributed by atoms with Crippen LogP contribution in [0.1, 0.15) is 39.7 Å². The molecule has 0 atom stereocenters. The van der Waals surface area contributed by atoms with E-state index in [1.54, 1.807) is 56.7 Å². The number of nitrogens with zero attached hydrogens (tertiary/aromatic N) is 3. The van der Waals surface area contributed by atoms with E-state index in [1.165, 1.54) is 11.0 Å². The van der Waals surface area contributed by atoms with E-state index >= 15 is 0 Å². The van der Waals surface area contributed by atoms with Crippen LogP contribution in [0, 0.1) is 0 Å². The van der Waals surface area contributed by atoms with Gasteiger partial charge >= 0.3 is 0 Å². The van der Waals surface area contributed by atoms with Crippen LogP contribution in [0.3, 0.4) is 0 Å². The molecule has 1 aromatic carbocycles. The molecule has 1 aromatic heterocycles. The molecule has 0 unspecified atom stereocenters. The van der Waals surface area contributed by atoms with Crippen molar-refractivity contribution in [2.24, 2.45) is 0 Å². The van der Waals surface area contributed by atoms with E-state index in [2.05, 4.69) is 5.10 Å². The molecule has 152 valence electrons. The summed E-state index contributed by atoms with van der Waals surface area (Å²) in [6.07, 6.45) is 4.57. The number of rotatable bonds is 6. The number of allylic oxidation sites excluding steroid dienone is 3. The number of fused-ring (bicyclic) bond motifs is 1. The van der Waals surface area contributed by atoms with E-state index in [9.17, 15) is 19.0 Å². The summed E-state index contributed by atoms with van der Waals surface area (Å²) in [6, 6.07) is 3.55. The highest BCUT2D eigenvalue weighted by molar-refractivity contribution is 5.85. The summed E-state index contributed by atoms with van der Waals surface area (Å²) in [4.78, 5) is 1.53. The lowest BCUT2D eigenvalue weighted by atomic mass is 9.94. The summed E-state index contributed by atoms with van der Waals surface area (Å²) in [7, 11) is 0.